The first-order valence-electron chi connectivity index (χ1n) is 3.10. The third-order valence-corrected chi connectivity index (χ3v) is 2.94. The molecule has 1 aromatic rings. The molecule has 0 aliphatic rings. The average molecular weight is 221 g/mol. The zero-order valence-electron chi connectivity index (χ0n) is 5.67. The highest BCUT2D eigenvalue weighted by Gasteiger charge is 2.06. The Morgan fingerprint density at radius 2 is 2.60 bits per heavy atom. The highest BCUT2D eigenvalue weighted by Crippen LogP contribution is 2.21. The molecule has 0 saturated carbocycles. The fraction of sp³-hybridized carbons (Fsp3) is 0.500. The predicted octanol–water partition coefficient (Wildman–Crippen LogP) is 2.32. The maximum Gasteiger partial charge on any atom is 0.117 e. The van der Waals surface area contributed by atoms with E-state index in [0.29, 0.717) is 0 Å². The summed E-state index contributed by atoms with van der Waals surface area (Å²) < 4.78 is 0.886. The molecule has 1 aromatic heterocycles. The highest BCUT2D eigenvalue weighted by atomic mass is 79.9. The van der Waals surface area contributed by atoms with Crippen molar-refractivity contribution in [2.45, 2.75) is 19.4 Å². The van der Waals surface area contributed by atoms with Gasteiger partial charge >= 0.3 is 0 Å². The summed E-state index contributed by atoms with van der Waals surface area (Å²) in [6, 6.07) is 0.108. The molecular formula is C6H9BrN2S. The lowest BCUT2D eigenvalue weighted by atomic mass is 10.3. The van der Waals surface area contributed by atoms with Crippen LogP contribution in [0.25, 0.3) is 0 Å². The number of halogens is 1. The third-order valence-electron chi connectivity index (χ3n) is 1.25. The standard InChI is InChI=1S/C6H9BrN2S/c1-2-4(8)6-9-5(7)3-10-6/h3-4H,2,8H2,1H3/t4-/m0/s1. The van der Waals surface area contributed by atoms with Gasteiger partial charge in [0.1, 0.15) is 9.61 Å². The molecule has 1 rings (SSSR count). The van der Waals surface area contributed by atoms with E-state index in [4.69, 9.17) is 5.73 Å². The van der Waals surface area contributed by atoms with Crippen LogP contribution < -0.4 is 5.73 Å². The second-order valence-electron chi connectivity index (χ2n) is 2.02. The summed E-state index contributed by atoms with van der Waals surface area (Å²) >= 11 is 4.87. The first kappa shape index (κ1) is 8.17. The summed E-state index contributed by atoms with van der Waals surface area (Å²) in [6.07, 6.45) is 0.944. The van der Waals surface area contributed by atoms with Gasteiger partial charge in [0.05, 0.1) is 6.04 Å². The van der Waals surface area contributed by atoms with Gasteiger partial charge < -0.3 is 5.73 Å². The number of hydrogen-bond acceptors (Lipinski definition) is 3. The molecule has 2 nitrogen and oxygen atoms in total. The molecule has 1 heterocycles. The second kappa shape index (κ2) is 3.46. The quantitative estimate of drug-likeness (QED) is 0.832. The molecule has 0 fully saturated rings. The molecule has 0 spiro atoms. The molecule has 56 valence electrons. The Balaban J connectivity index is 2.74. The molecule has 0 aromatic carbocycles. The second-order valence-corrected chi connectivity index (χ2v) is 3.73. The fourth-order valence-electron chi connectivity index (χ4n) is 0.612. The van der Waals surface area contributed by atoms with Crippen LogP contribution in [0.4, 0.5) is 0 Å². The number of thiazole rings is 1. The molecular weight excluding hydrogens is 212 g/mol. The van der Waals surface area contributed by atoms with Gasteiger partial charge in [0.25, 0.3) is 0 Å². The Morgan fingerprint density at radius 3 is 3.00 bits per heavy atom. The van der Waals surface area contributed by atoms with E-state index in [0.717, 1.165) is 16.0 Å². The Hall–Kier alpha value is 0.0700. The van der Waals surface area contributed by atoms with Gasteiger partial charge in [0.15, 0.2) is 0 Å². The number of nitrogens with zero attached hydrogens (tertiary/aromatic N) is 1. The molecule has 2 N–H and O–H groups in total. The molecule has 0 amide bonds. The van der Waals surface area contributed by atoms with E-state index in [1.165, 1.54) is 0 Å². The maximum absolute atomic E-state index is 5.73. The van der Waals surface area contributed by atoms with Crippen molar-refractivity contribution in [3.05, 3.63) is 15.0 Å². The largest absolute Gasteiger partial charge is 0.322 e. The molecule has 4 heteroatoms. The minimum atomic E-state index is 0.108. The molecule has 0 unspecified atom stereocenters. The van der Waals surface area contributed by atoms with Crippen molar-refractivity contribution >= 4 is 27.3 Å². The van der Waals surface area contributed by atoms with Crippen molar-refractivity contribution in [3.8, 4) is 0 Å². The van der Waals surface area contributed by atoms with E-state index >= 15 is 0 Å². The normalized spacial score (nSPS) is 13.5. The van der Waals surface area contributed by atoms with Crippen molar-refractivity contribution < 1.29 is 0 Å². The minimum absolute atomic E-state index is 0.108. The number of rotatable bonds is 2. The first-order valence-corrected chi connectivity index (χ1v) is 4.77. The smallest absolute Gasteiger partial charge is 0.117 e. The summed E-state index contributed by atoms with van der Waals surface area (Å²) in [4.78, 5) is 4.19. The first-order chi connectivity index (χ1) is 4.74. The van der Waals surface area contributed by atoms with Crippen LogP contribution in [0.2, 0.25) is 0 Å². The zero-order chi connectivity index (χ0) is 7.56. The van der Waals surface area contributed by atoms with Crippen molar-refractivity contribution in [1.82, 2.24) is 4.98 Å². The summed E-state index contributed by atoms with van der Waals surface area (Å²) in [5.74, 6) is 0. The van der Waals surface area contributed by atoms with E-state index < -0.39 is 0 Å². The summed E-state index contributed by atoms with van der Waals surface area (Å²) in [6.45, 7) is 2.06. The van der Waals surface area contributed by atoms with Crippen LogP contribution in [0.15, 0.2) is 9.98 Å². The van der Waals surface area contributed by atoms with E-state index in [1.807, 2.05) is 5.38 Å². The Morgan fingerprint density at radius 1 is 1.90 bits per heavy atom. The number of nitrogens with two attached hydrogens (primary N) is 1. The van der Waals surface area contributed by atoms with Crippen LogP contribution in [0.1, 0.15) is 24.4 Å². The van der Waals surface area contributed by atoms with E-state index in [2.05, 4.69) is 27.8 Å². The van der Waals surface area contributed by atoms with Crippen LogP contribution in [0.5, 0.6) is 0 Å². The van der Waals surface area contributed by atoms with Gasteiger partial charge in [0, 0.05) is 5.38 Å². The Bertz CT molecular complexity index is 211. The van der Waals surface area contributed by atoms with Crippen LogP contribution in [0.3, 0.4) is 0 Å². The van der Waals surface area contributed by atoms with Gasteiger partial charge in [-0.25, -0.2) is 4.98 Å². The molecule has 1 atom stereocenters. The van der Waals surface area contributed by atoms with Crippen LogP contribution in [0, 0.1) is 0 Å². The molecule has 0 bridgehead atoms. The predicted molar refractivity (Wildman–Crippen MR) is 47.0 cm³/mol. The molecule has 0 radical (unpaired) electrons. The summed E-state index contributed by atoms with van der Waals surface area (Å²) in [5, 5.41) is 2.96. The number of aromatic nitrogens is 1. The van der Waals surface area contributed by atoms with Crippen LogP contribution in [-0.2, 0) is 0 Å². The monoisotopic (exact) mass is 220 g/mol. The van der Waals surface area contributed by atoms with E-state index in [9.17, 15) is 0 Å². The lowest BCUT2D eigenvalue weighted by molar-refractivity contribution is 0.691. The highest BCUT2D eigenvalue weighted by molar-refractivity contribution is 9.10. The molecule has 10 heavy (non-hydrogen) atoms. The van der Waals surface area contributed by atoms with Crippen molar-refractivity contribution in [1.29, 1.82) is 0 Å². The lowest BCUT2D eigenvalue weighted by Gasteiger charge is -2.01. The SMILES string of the molecule is CC[C@H](N)c1nc(Br)cs1. The Kier molecular flexibility index (Phi) is 2.82. The van der Waals surface area contributed by atoms with Crippen molar-refractivity contribution in [3.63, 3.8) is 0 Å². The van der Waals surface area contributed by atoms with Gasteiger partial charge in [-0.1, -0.05) is 6.92 Å². The van der Waals surface area contributed by atoms with E-state index in [1.54, 1.807) is 11.3 Å². The third kappa shape index (κ3) is 1.78. The molecule has 0 saturated heterocycles. The van der Waals surface area contributed by atoms with Gasteiger partial charge in [-0.3, -0.25) is 0 Å². The van der Waals surface area contributed by atoms with Gasteiger partial charge in [-0.15, -0.1) is 11.3 Å². The van der Waals surface area contributed by atoms with Crippen molar-refractivity contribution in [2.24, 2.45) is 5.73 Å². The van der Waals surface area contributed by atoms with E-state index in [-0.39, 0.29) is 6.04 Å². The van der Waals surface area contributed by atoms with Crippen LogP contribution in [-0.4, -0.2) is 4.98 Å². The number of hydrogen-bond donors (Lipinski definition) is 1. The lowest BCUT2D eigenvalue weighted by Crippen LogP contribution is -2.07. The topological polar surface area (TPSA) is 38.9 Å². The maximum atomic E-state index is 5.73. The average Bonchev–Trinajstić information content (AvgIpc) is 2.34. The molecule has 0 aliphatic carbocycles. The fourth-order valence-corrected chi connectivity index (χ4v) is 1.96. The molecule has 0 aliphatic heterocycles. The van der Waals surface area contributed by atoms with Gasteiger partial charge in [-0.05, 0) is 22.4 Å². The summed E-state index contributed by atoms with van der Waals surface area (Å²) in [5.41, 5.74) is 5.73. The van der Waals surface area contributed by atoms with Gasteiger partial charge in [-0.2, -0.15) is 0 Å². The minimum Gasteiger partial charge on any atom is -0.322 e. The summed E-state index contributed by atoms with van der Waals surface area (Å²) in [7, 11) is 0. The zero-order valence-corrected chi connectivity index (χ0v) is 8.08. The Labute approximate surface area is 72.6 Å². The van der Waals surface area contributed by atoms with Gasteiger partial charge in [0.2, 0.25) is 0 Å². The van der Waals surface area contributed by atoms with Crippen LogP contribution >= 0.6 is 27.3 Å². The van der Waals surface area contributed by atoms with Crippen molar-refractivity contribution in [2.75, 3.05) is 0 Å².